The number of para-hydroxylation sites is 2. The molecule has 0 spiro atoms. The zero-order chi connectivity index (χ0) is 21.3. The van der Waals surface area contributed by atoms with E-state index in [9.17, 15) is 13.5 Å². The largest absolute Gasteiger partial charge is 0.390 e. The topological polar surface area (TPSA) is 62.5 Å². The van der Waals surface area contributed by atoms with E-state index in [1.54, 1.807) is 31.2 Å². The first-order valence-corrected chi connectivity index (χ1v) is 11.6. The van der Waals surface area contributed by atoms with Gasteiger partial charge in [-0.25, -0.2) is 8.42 Å². The standard InChI is InChI=1S/C24H26N2O3S/c1-3-25(30(28,29)20-14-12-18(2)13-15-20)16-19(27)17-26-23-10-6-4-8-21(23)22-9-5-7-11-24(22)26/h4-15,19,27H,3,16-17H2,1-2H3/t19-/m0/s1. The number of fused-ring (bicyclic) bond motifs is 3. The SMILES string of the molecule is CCN(C[C@H](O)Cn1c2ccccc2c2ccccc21)S(=O)(=O)c1ccc(C)cc1. The highest BCUT2D eigenvalue weighted by Gasteiger charge is 2.26. The van der Waals surface area contributed by atoms with Crippen LogP contribution >= 0.6 is 0 Å². The van der Waals surface area contributed by atoms with Crippen molar-refractivity contribution in [2.24, 2.45) is 0 Å². The Morgan fingerprint density at radius 2 is 1.43 bits per heavy atom. The lowest BCUT2D eigenvalue weighted by Crippen LogP contribution is -2.38. The molecule has 1 heterocycles. The Kier molecular flexibility index (Phi) is 5.64. The van der Waals surface area contributed by atoms with Gasteiger partial charge in [-0.1, -0.05) is 61.0 Å². The zero-order valence-corrected chi connectivity index (χ0v) is 18.0. The smallest absolute Gasteiger partial charge is 0.243 e. The summed E-state index contributed by atoms with van der Waals surface area (Å²) in [7, 11) is -3.66. The van der Waals surface area contributed by atoms with Crippen LogP contribution in [0.2, 0.25) is 0 Å². The summed E-state index contributed by atoms with van der Waals surface area (Å²) in [5.74, 6) is 0. The highest BCUT2D eigenvalue weighted by molar-refractivity contribution is 7.89. The molecule has 0 amide bonds. The van der Waals surface area contributed by atoms with Gasteiger partial charge in [0.15, 0.2) is 0 Å². The van der Waals surface area contributed by atoms with Gasteiger partial charge < -0.3 is 9.67 Å². The molecular weight excluding hydrogens is 396 g/mol. The van der Waals surface area contributed by atoms with Crippen LogP contribution in [0.1, 0.15) is 12.5 Å². The molecule has 0 aliphatic rings. The molecule has 1 aromatic heterocycles. The normalized spacial score (nSPS) is 13.3. The van der Waals surface area contributed by atoms with Gasteiger partial charge in [0, 0.05) is 34.9 Å². The molecule has 5 nitrogen and oxygen atoms in total. The molecule has 1 N–H and O–H groups in total. The van der Waals surface area contributed by atoms with Crippen molar-refractivity contribution in [2.75, 3.05) is 13.1 Å². The Morgan fingerprint density at radius 1 is 0.900 bits per heavy atom. The third kappa shape index (κ3) is 3.74. The molecule has 3 aromatic carbocycles. The summed E-state index contributed by atoms with van der Waals surface area (Å²) in [5.41, 5.74) is 3.06. The predicted octanol–water partition coefficient (Wildman–Crippen LogP) is 4.17. The number of aliphatic hydroxyl groups is 1. The van der Waals surface area contributed by atoms with Gasteiger partial charge in [-0.2, -0.15) is 4.31 Å². The number of sulfonamides is 1. The number of hydrogen-bond acceptors (Lipinski definition) is 3. The van der Waals surface area contributed by atoms with Crippen LogP contribution in [0.25, 0.3) is 21.8 Å². The predicted molar refractivity (Wildman–Crippen MR) is 121 cm³/mol. The Balaban J connectivity index is 1.62. The number of nitrogens with zero attached hydrogens (tertiary/aromatic N) is 2. The Labute approximate surface area is 177 Å². The highest BCUT2D eigenvalue weighted by Crippen LogP contribution is 2.29. The van der Waals surface area contributed by atoms with Crippen LogP contribution in [0.4, 0.5) is 0 Å². The first-order valence-electron chi connectivity index (χ1n) is 10.1. The molecule has 4 aromatic rings. The molecular formula is C24H26N2O3S. The summed E-state index contributed by atoms with van der Waals surface area (Å²) in [6.07, 6.45) is -0.843. The number of aryl methyl sites for hydroxylation is 1. The lowest BCUT2D eigenvalue weighted by Gasteiger charge is -2.24. The average Bonchev–Trinajstić information content (AvgIpc) is 3.06. The molecule has 30 heavy (non-hydrogen) atoms. The van der Waals surface area contributed by atoms with Crippen molar-refractivity contribution in [1.29, 1.82) is 0 Å². The van der Waals surface area contributed by atoms with Gasteiger partial charge in [-0.15, -0.1) is 0 Å². The average molecular weight is 423 g/mol. The van der Waals surface area contributed by atoms with Crippen LogP contribution in [0.5, 0.6) is 0 Å². The fourth-order valence-electron chi connectivity index (χ4n) is 3.96. The molecule has 0 radical (unpaired) electrons. The van der Waals surface area contributed by atoms with Gasteiger partial charge in [0.1, 0.15) is 0 Å². The fourth-order valence-corrected chi connectivity index (χ4v) is 5.45. The molecule has 0 fully saturated rings. The summed E-state index contributed by atoms with van der Waals surface area (Å²) in [6, 6.07) is 23.0. The molecule has 0 bridgehead atoms. The maximum atomic E-state index is 13.0. The van der Waals surface area contributed by atoms with E-state index >= 15 is 0 Å². The molecule has 1 atom stereocenters. The van der Waals surface area contributed by atoms with Crippen molar-refractivity contribution in [3.05, 3.63) is 78.4 Å². The number of hydrogen-bond donors (Lipinski definition) is 1. The lowest BCUT2D eigenvalue weighted by atomic mass is 10.2. The molecule has 0 saturated heterocycles. The van der Waals surface area contributed by atoms with Crippen LogP contribution in [0, 0.1) is 6.92 Å². The van der Waals surface area contributed by atoms with Crippen molar-refractivity contribution in [3.63, 3.8) is 0 Å². The molecule has 156 valence electrons. The van der Waals surface area contributed by atoms with Crippen molar-refractivity contribution in [2.45, 2.75) is 31.4 Å². The Morgan fingerprint density at radius 3 is 1.97 bits per heavy atom. The van der Waals surface area contributed by atoms with E-state index in [2.05, 4.69) is 16.7 Å². The lowest BCUT2D eigenvalue weighted by molar-refractivity contribution is 0.131. The van der Waals surface area contributed by atoms with E-state index < -0.39 is 16.1 Å². The van der Waals surface area contributed by atoms with E-state index in [0.717, 1.165) is 27.4 Å². The van der Waals surface area contributed by atoms with Gasteiger partial charge in [0.2, 0.25) is 10.0 Å². The minimum Gasteiger partial charge on any atom is -0.390 e. The fraction of sp³-hybridized carbons (Fsp3) is 0.250. The minimum atomic E-state index is -3.66. The second-order valence-electron chi connectivity index (χ2n) is 7.57. The summed E-state index contributed by atoms with van der Waals surface area (Å²) in [5, 5.41) is 13.1. The van der Waals surface area contributed by atoms with Crippen molar-refractivity contribution in [1.82, 2.24) is 8.87 Å². The van der Waals surface area contributed by atoms with E-state index in [1.807, 2.05) is 43.3 Å². The van der Waals surface area contributed by atoms with Gasteiger partial charge >= 0.3 is 0 Å². The van der Waals surface area contributed by atoms with Gasteiger partial charge in [-0.05, 0) is 31.2 Å². The third-order valence-electron chi connectivity index (χ3n) is 5.50. The van der Waals surface area contributed by atoms with E-state index in [-0.39, 0.29) is 11.4 Å². The van der Waals surface area contributed by atoms with Gasteiger partial charge in [0.25, 0.3) is 0 Å². The number of benzene rings is 3. The Bertz CT molecular complexity index is 1220. The summed E-state index contributed by atoms with van der Waals surface area (Å²) in [6.45, 7) is 4.35. The van der Waals surface area contributed by atoms with Crippen LogP contribution < -0.4 is 0 Å². The molecule has 0 unspecified atom stereocenters. The Hall–Kier alpha value is -2.67. The zero-order valence-electron chi connectivity index (χ0n) is 17.2. The molecule has 0 saturated carbocycles. The summed E-state index contributed by atoms with van der Waals surface area (Å²) in [4.78, 5) is 0.249. The number of rotatable bonds is 7. The quantitative estimate of drug-likeness (QED) is 0.486. The number of likely N-dealkylation sites (N-methyl/N-ethyl adjacent to an activating group) is 1. The maximum absolute atomic E-state index is 13.0. The third-order valence-corrected chi connectivity index (χ3v) is 7.45. The number of aromatic nitrogens is 1. The molecule has 4 rings (SSSR count). The first-order chi connectivity index (χ1) is 14.4. The van der Waals surface area contributed by atoms with E-state index in [4.69, 9.17) is 0 Å². The maximum Gasteiger partial charge on any atom is 0.243 e. The molecule has 0 aliphatic heterocycles. The molecule has 0 aliphatic carbocycles. The van der Waals surface area contributed by atoms with E-state index in [1.165, 1.54) is 4.31 Å². The van der Waals surface area contributed by atoms with Crippen molar-refractivity contribution >= 4 is 31.8 Å². The van der Waals surface area contributed by atoms with Gasteiger partial charge in [-0.3, -0.25) is 0 Å². The van der Waals surface area contributed by atoms with E-state index in [0.29, 0.717) is 13.1 Å². The second-order valence-corrected chi connectivity index (χ2v) is 9.51. The minimum absolute atomic E-state index is 0.0353. The molecule has 6 heteroatoms. The van der Waals surface area contributed by atoms with Crippen LogP contribution in [0.15, 0.2) is 77.7 Å². The van der Waals surface area contributed by atoms with Gasteiger partial charge in [0.05, 0.1) is 17.5 Å². The second kappa shape index (κ2) is 8.22. The van der Waals surface area contributed by atoms with Crippen molar-refractivity contribution < 1.29 is 13.5 Å². The van der Waals surface area contributed by atoms with Crippen LogP contribution in [0.3, 0.4) is 0 Å². The van der Waals surface area contributed by atoms with Crippen LogP contribution in [-0.2, 0) is 16.6 Å². The highest BCUT2D eigenvalue weighted by atomic mass is 32.2. The summed E-state index contributed by atoms with van der Waals surface area (Å²) < 4.78 is 29.5. The van der Waals surface area contributed by atoms with Crippen molar-refractivity contribution in [3.8, 4) is 0 Å². The van der Waals surface area contributed by atoms with Crippen LogP contribution in [-0.4, -0.2) is 41.6 Å². The first kappa shape index (κ1) is 20.6. The number of aliphatic hydroxyl groups excluding tert-OH is 1. The summed E-state index contributed by atoms with van der Waals surface area (Å²) >= 11 is 0. The monoisotopic (exact) mass is 422 g/mol.